The van der Waals surface area contributed by atoms with Gasteiger partial charge in [-0.1, -0.05) is 6.07 Å². The van der Waals surface area contributed by atoms with Crippen LogP contribution in [0.2, 0.25) is 0 Å². The highest BCUT2D eigenvalue weighted by Gasteiger charge is 2.41. The Hall–Kier alpha value is -1.58. The van der Waals surface area contributed by atoms with E-state index >= 15 is 0 Å². The van der Waals surface area contributed by atoms with Crippen molar-refractivity contribution < 1.29 is 14.6 Å². The first-order valence-corrected chi connectivity index (χ1v) is 6.54. The minimum atomic E-state index is -0.972. The Morgan fingerprint density at radius 2 is 2.32 bits per heavy atom. The van der Waals surface area contributed by atoms with E-state index < -0.39 is 11.6 Å². The van der Waals surface area contributed by atoms with Crippen LogP contribution in [0.4, 0.5) is 5.69 Å². The third-order valence-corrected chi connectivity index (χ3v) is 3.70. The van der Waals surface area contributed by atoms with E-state index in [1.807, 2.05) is 30.0 Å². The number of anilines is 1. The van der Waals surface area contributed by atoms with Crippen molar-refractivity contribution >= 4 is 27.6 Å². The third kappa shape index (κ3) is 2.88. The maximum atomic E-state index is 10.5. The average Bonchev–Trinajstić information content (AvgIpc) is 2.32. The van der Waals surface area contributed by atoms with Crippen molar-refractivity contribution in [2.45, 2.75) is 12.5 Å². The van der Waals surface area contributed by atoms with Gasteiger partial charge in [-0.05, 0) is 35.0 Å². The summed E-state index contributed by atoms with van der Waals surface area (Å²) in [6, 6.07) is 7.73. The van der Waals surface area contributed by atoms with Crippen LogP contribution in [0.3, 0.4) is 0 Å². The Balaban J connectivity index is 2.07. The topological polar surface area (TPSA) is 73.6 Å². The summed E-state index contributed by atoms with van der Waals surface area (Å²) in [6.07, 6.45) is 0. The number of hydrogen-bond acceptors (Lipinski definition) is 4. The monoisotopic (exact) mass is 324 g/mol. The fourth-order valence-electron chi connectivity index (χ4n) is 2.15. The van der Waals surface area contributed by atoms with Gasteiger partial charge < -0.3 is 14.7 Å². The van der Waals surface area contributed by atoms with Gasteiger partial charge in [0.05, 0.1) is 11.3 Å². The Morgan fingerprint density at radius 1 is 1.63 bits per heavy atom. The van der Waals surface area contributed by atoms with Crippen molar-refractivity contribution in [3.8, 4) is 6.07 Å². The number of hydrogen-bond donors (Lipinski definition) is 1. The molecule has 1 N–H and O–H groups in total. The largest absolute Gasteiger partial charge is 0.480 e. The lowest BCUT2D eigenvalue weighted by Gasteiger charge is -2.48. The maximum absolute atomic E-state index is 10.5. The molecule has 5 nitrogen and oxygen atoms in total. The molecule has 100 valence electrons. The van der Waals surface area contributed by atoms with Crippen LogP contribution >= 0.6 is 15.9 Å². The molecule has 0 spiro atoms. The predicted octanol–water partition coefficient (Wildman–Crippen LogP) is 2.00. The number of benzene rings is 1. The zero-order valence-electron chi connectivity index (χ0n) is 10.4. The number of nitriles is 1. The molecule has 0 radical (unpaired) electrons. The number of ether oxygens (including phenoxy) is 1. The second-order valence-electron chi connectivity index (χ2n) is 4.73. The molecule has 1 heterocycles. The minimum absolute atomic E-state index is 0.298. The van der Waals surface area contributed by atoms with Crippen LogP contribution in [0, 0.1) is 11.3 Å². The van der Waals surface area contributed by atoms with Crippen LogP contribution in [0.5, 0.6) is 0 Å². The molecule has 0 atom stereocenters. The summed E-state index contributed by atoms with van der Waals surface area (Å²) in [6.45, 7) is 2.72. The number of halogens is 1. The van der Waals surface area contributed by atoms with Gasteiger partial charge >= 0.3 is 5.97 Å². The molecular weight excluding hydrogens is 312 g/mol. The summed E-state index contributed by atoms with van der Waals surface area (Å²) < 4.78 is 6.10. The average molecular weight is 325 g/mol. The fraction of sp³-hybridized carbons (Fsp3) is 0.385. The Bertz CT molecular complexity index is 547. The summed E-state index contributed by atoms with van der Waals surface area (Å²) in [4.78, 5) is 12.5. The SMILES string of the molecule is CC1(OCC(=O)O)CN(c2cccc(Br)c2C#N)C1. The molecule has 1 fully saturated rings. The minimum Gasteiger partial charge on any atom is -0.480 e. The van der Waals surface area contributed by atoms with Crippen LogP contribution in [-0.4, -0.2) is 36.4 Å². The summed E-state index contributed by atoms with van der Waals surface area (Å²) >= 11 is 3.35. The van der Waals surface area contributed by atoms with Crippen molar-refractivity contribution in [2.24, 2.45) is 0 Å². The Morgan fingerprint density at radius 3 is 2.89 bits per heavy atom. The van der Waals surface area contributed by atoms with Crippen molar-refractivity contribution in [2.75, 3.05) is 24.6 Å². The van der Waals surface area contributed by atoms with Gasteiger partial charge in [0, 0.05) is 17.6 Å². The van der Waals surface area contributed by atoms with E-state index in [1.165, 1.54) is 0 Å². The number of rotatable bonds is 4. The molecule has 1 aromatic rings. The van der Waals surface area contributed by atoms with E-state index in [4.69, 9.17) is 15.1 Å². The van der Waals surface area contributed by atoms with E-state index in [0.717, 1.165) is 10.2 Å². The Kier molecular flexibility index (Phi) is 3.78. The first-order valence-electron chi connectivity index (χ1n) is 5.74. The molecule has 6 heteroatoms. The molecule has 1 aromatic carbocycles. The lowest BCUT2D eigenvalue weighted by Crippen LogP contribution is -2.62. The summed E-state index contributed by atoms with van der Waals surface area (Å²) in [7, 11) is 0. The molecule has 1 aliphatic rings. The van der Waals surface area contributed by atoms with Gasteiger partial charge in [0.1, 0.15) is 18.3 Å². The molecule has 0 unspecified atom stereocenters. The standard InChI is InChI=1S/C13H13BrN2O3/c1-13(19-6-12(17)18)7-16(8-13)11-4-2-3-10(14)9(11)5-15/h2-4H,6-8H2,1H3,(H,17,18). The van der Waals surface area contributed by atoms with E-state index in [2.05, 4.69) is 22.0 Å². The van der Waals surface area contributed by atoms with Crippen LogP contribution in [0.15, 0.2) is 22.7 Å². The lowest BCUT2D eigenvalue weighted by molar-refractivity contribution is -0.150. The highest BCUT2D eigenvalue weighted by molar-refractivity contribution is 9.10. The third-order valence-electron chi connectivity index (χ3n) is 3.04. The first-order chi connectivity index (χ1) is 8.95. The predicted molar refractivity (Wildman–Crippen MR) is 73.1 cm³/mol. The summed E-state index contributed by atoms with van der Waals surface area (Å²) in [5, 5.41) is 17.8. The number of carbonyl (C=O) groups is 1. The van der Waals surface area contributed by atoms with Gasteiger partial charge in [-0.15, -0.1) is 0 Å². The quantitative estimate of drug-likeness (QED) is 0.917. The van der Waals surface area contributed by atoms with E-state index in [-0.39, 0.29) is 6.61 Å². The number of carboxylic acid groups (broad SMARTS) is 1. The van der Waals surface area contributed by atoms with Crippen LogP contribution in [0.1, 0.15) is 12.5 Å². The van der Waals surface area contributed by atoms with Crippen molar-refractivity contribution in [1.29, 1.82) is 5.26 Å². The highest BCUT2D eigenvalue weighted by atomic mass is 79.9. The molecular formula is C13H13BrN2O3. The molecule has 0 aromatic heterocycles. The second-order valence-corrected chi connectivity index (χ2v) is 5.59. The summed E-state index contributed by atoms with van der Waals surface area (Å²) in [5.41, 5.74) is 0.962. The van der Waals surface area contributed by atoms with Crippen molar-refractivity contribution in [1.82, 2.24) is 0 Å². The zero-order chi connectivity index (χ0) is 14.0. The summed E-state index contributed by atoms with van der Waals surface area (Å²) in [5.74, 6) is -0.972. The number of aliphatic carboxylic acids is 1. The van der Waals surface area contributed by atoms with Gasteiger partial charge in [-0.3, -0.25) is 0 Å². The molecule has 0 aliphatic carbocycles. The Labute approximate surface area is 119 Å². The lowest BCUT2D eigenvalue weighted by atomic mass is 9.94. The fourth-order valence-corrected chi connectivity index (χ4v) is 2.59. The zero-order valence-corrected chi connectivity index (χ0v) is 12.0. The van der Waals surface area contributed by atoms with Crippen LogP contribution in [0.25, 0.3) is 0 Å². The normalized spacial score (nSPS) is 16.6. The molecule has 0 bridgehead atoms. The highest BCUT2D eigenvalue weighted by Crippen LogP contribution is 2.34. The van der Waals surface area contributed by atoms with Crippen molar-refractivity contribution in [3.63, 3.8) is 0 Å². The second kappa shape index (κ2) is 5.19. The van der Waals surface area contributed by atoms with Crippen LogP contribution < -0.4 is 4.90 Å². The van der Waals surface area contributed by atoms with E-state index in [1.54, 1.807) is 0 Å². The molecule has 0 amide bonds. The number of carboxylic acids is 1. The first kappa shape index (κ1) is 13.8. The molecule has 2 rings (SSSR count). The molecule has 0 saturated carbocycles. The maximum Gasteiger partial charge on any atom is 0.329 e. The van der Waals surface area contributed by atoms with Gasteiger partial charge in [0.15, 0.2) is 0 Å². The van der Waals surface area contributed by atoms with Gasteiger partial charge in [-0.25, -0.2) is 4.79 Å². The molecule has 19 heavy (non-hydrogen) atoms. The van der Waals surface area contributed by atoms with Gasteiger partial charge in [0.2, 0.25) is 0 Å². The van der Waals surface area contributed by atoms with E-state index in [9.17, 15) is 4.79 Å². The number of nitrogens with zero attached hydrogens (tertiary/aromatic N) is 2. The molecule has 1 saturated heterocycles. The van der Waals surface area contributed by atoms with Crippen molar-refractivity contribution in [3.05, 3.63) is 28.2 Å². The van der Waals surface area contributed by atoms with Gasteiger partial charge in [-0.2, -0.15) is 5.26 Å². The van der Waals surface area contributed by atoms with Crippen LogP contribution in [-0.2, 0) is 9.53 Å². The molecule has 1 aliphatic heterocycles. The van der Waals surface area contributed by atoms with E-state index in [0.29, 0.717) is 18.7 Å². The van der Waals surface area contributed by atoms with Gasteiger partial charge in [0.25, 0.3) is 0 Å². The smallest absolute Gasteiger partial charge is 0.329 e.